The lowest BCUT2D eigenvalue weighted by Crippen LogP contribution is -2.10. The van der Waals surface area contributed by atoms with Crippen molar-refractivity contribution >= 4 is 93.4 Å². The van der Waals surface area contributed by atoms with Crippen LogP contribution >= 0.6 is 0 Å². The highest BCUT2D eigenvalue weighted by molar-refractivity contribution is 6.21. The number of benzene rings is 9. The van der Waals surface area contributed by atoms with Crippen LogP contribution in [0.15, 0.2) is 205 Å². The molecule has 4 heteroatoms. The minimum Gasteiger partial charge on any atom is -0.456 e. The zero-order valence-corrected chi connectivity index (χ0v) is 30.3. The average molecular weight is 716 g/mol. The van der Waals surface area contributed by atoms with E-state index in [4.69, 9.17) is 4.42 Å². The van der Waals surface area contributed by atoms with Gasteiger partial charge in [0.2, 0.25) is 0 Å². The van der Waals surface area contributed by atoms with Crippen LogP contribution in [0.1, 0.15) is 0 Å². The number of rotatable bonds is 5. The predicted octanol–water partition coefficient (Wildman–Crippen LogP) is 14.4. The van der Waals surface area contributed by atoms with Gasteiger partial charge in [0, 0.05) is 61.1 Å². The SMILES string of the molecule is c1ccc(-n2c3ccccc3c3c(N(c4ccc(-n5c6ccccc6c6c7ccccc7ccc65)cc4)c4ccc5c(c4)oc4ccccc45)cccc32)cc1. The van der Waals surface area contributed by atoms with Crippen molar-refractivity contribution in [2.75, 3.05) is 4.90 Å². The van der Waals surface area contributed by atoms with E-state index in [0.717, 1.165) is 55.9 Å². The lowest BCUT2D eigenvalue weighted by atomic mass is 10.0. The molecule has 3 aromatic heterocycles. The van der Waals surface area contributed by atoms with Crippen molar-refractivity contribution in [3.05, 3.63) is 200 Å². The minimum absolute atomic E-state index is 0.863. The third kappa shape index (κ3) is 4.47. The molecule has 9 aromatic carbocycles. The normalized spacial score (nSPS) is 11.9. The van der Waals surface area contributed by atoms with E-state index >= 15 is 0 Å². The summed E-state index contributed by atoms with van der Waals surface area (Å²) < 4.78 is 11.3. The quantitative estimate of drug-likeness (QED) is 0.177. The summed E-state index contributed by atoms with van der Waals surface area (Å²) in [6.45, 7) is 0. The molecule has 0 radical (unpaired) electrons. The number of anilines is 3. The van der Waals surface area contributed by atoms with Crippen LogP contribution in [-0.4, -0.2) is 9.13 Å². The molecular weight excluding hydrogens is 683 g/mol. The number of hydrogen-bond acceptors (Lipinski definition) is 2. The number of nitrogens with zero attached hydrogens (tertiary/aromatic N) is 3. The van der Waals surface area contributed by atoms with Gasteiger partial charge < -0.3 is 18.5 Å². The van der Waals surface area contributed by atoms with Gasteiger partial charge >= 0.3 is 0 Å². The number of fused-ring (bicyclic) bond motifs is 11. The first-order valence-corrected chi connectivity index (χ1v) is 19.1. The molecule has 12 rings (SSSR count). The van der Waals surface area contributed by atoms with E-state index in [-0.39, 0.29) is 0 Å². The van der Waals surface area contributed by atoms with E-state index < -0.39 is 0 Å². The number of aromatic nitrogens is 2. The standard InChI is InChI=1S/C52H33N3O/c1-2-14-35(15-3-1)54-45-21-10-7-19-43(45)52-46(22-12-23-47(52)54)53(38-30-31-41-40-17-8-11-24-49(40)56-50(41)33-38)36-26-28-37(29-27-36)55-44-20-9-6-18-42(44)51-39-16-5-4-13-34(39)25-32-48(51)55/h1-33H. The highest BCUT2D eigenvalue weighted by atomic mass is 16.3. The molecule has 0 N–H and O–H groups in total. The summed E-state index contributed by atoms with van der Waals surface area (Å²) in [6.07, 6.45) is 0. The maximum Gasteiger partial charge on any atom is 0.137 e. The third-order valence-corrected chi connectivity index (χ3v) is 11.5. The van der Waals surface area contributed by atoms with Crippen molar-refractivity contribution in [3.8, 4) is 11.4 Å². The molecule has 0 unspecified atom stereocenters. The molecule has 0 fully saturated rings. The molecule has 0 aliphatic carbocycles. The maximum absolute atomic E-state index is 6.48. The summed E-state index contributed by atoms with van der Waals surface area (Å²) in [4.78, 5) is 2.39. The number of furan rings is 1. The highest BCUT2D eigenvalue weighted by Gasteiger charge is 2.22. The van der Waals surface area contributed by atoms with Crippen molar-refractivity contribution < 1.29 is 4.42 Å². The van der Waals surface area contributed by atoms with E-state index in [0.29, 0.717) is 0 Å². The molecule has 0 aliphatic rings. The van der Waals surface area contributed by atoms with Crippen molar-refractivity contribution in [1.29, 1.82) is 0 Å². The molecule has 4 nitrogen and oxygen atoms in total. The Hall–Kier alpha value is -7.56. The molecule has 3 heterocycles. The smallest absolute Gasteiger partial charge is 0.137 e. The maximum atomic E-state index is 6.48. The van der Waals surface area contributed by atoms with Gasteiger partial charge in [-0.15, -0.1) is 0 Å². The third-order valence-electron chi connectivity index (χ3n) is 11.5. The molecule has 0 saturated heterocycles. The molecule has 0 spiro atoms. The van der Waals surface area contributed by atoms with E-state index in [2.05, 4.69) is 202 Å². The first kappa shape index (κ1) is 30.9. The van der Waals surface area contributed by atoms with Gasteiger partial charge in [0.15, 0.2) is 0 Å². The summed E-state index contributed by atoms with van der Waals surface area (Å²) in [5.41, 5.74) is 11.9. The van der Waals surface area contributed by atoms with Crippen LogP contribution in [-0.2, 0) is 0 Å². The minimum atomic E-state index is 0.863. The zero-order chi connectivity index (χ0) is 36.7. The van der Waals surface area contributed by atoms with Gasteiger partial charge in [-0.1, -0.05) is 109 Å². The summed E-state index contributed by atoms with van der Waals surface area (Å²) in [5.74, 6) is 0. The molecular formula is C52H33N3O. The van der Waals surface area contributed by atoms with Crippen LogP contribution in [0.25, 0.3) is 87.7 Å². The van der Waals surface area contributed by atoms with Crippen LogP contribution in [0.3, 0.4) is 0 Å². The summed E-state index contributed by atoms with van der Waals surface area (Å²) in [7, 11) is 0. The van der Waals surface area contributed by atoms with E-state index in [9.17, 15) is 0 Å². The fourth-order valence-electron chi connectivity index (χ4n) is 9.09. The monoisotopic (exact) mass is 715 g/mol. The first-order chi connectivity index (χ1) is 27.8. The fraction of sp³-hybridized carbons (Fsp3) is 0. The van der Waals surface area contributed by atoms with Gasteiger partial charge in [-0.05, 0) is 95.7 Å². The molecule has 0 atom stereocenters. The fourth-order valence-corrected chi connectivity index (χ4v) is 9.09. The molecule has 12 aromatic rings. The molecule has 262 valence electrons. The lowest BCUT2D eigenvalue weighted by Gasteiger charge is -2.27. The summed E-state index contributed by atoms with van der Waals surface area (Å²) in [5, 5.41) is 9.68. The number of para-hydroxylation sites is 4. The Balaban J connectivity index is 1.10. The Bertz CT molecular complexity index is 3480. The van der Waals surface area contributed by atoms with Crippen molar-refractivity contribution in [1.82, 2.24) is 9.13 Å². The highest BCUT2D eigenvalue weighted by Crippen LogP contribution is 2.45. The molecule has 56 heavy (non-hydrogen) atoms. The zero-order valence-electron chi connectivity index (χ0n) is 30.3. The van der Waals surface area contributed by atoms with E-state index in [1.165, 1.54) is 48.9 Å². The Morgan fingerprint density at radius 2 is 0.911 bits per heavy atom. The second-order valence-corrected chi connectivity index (χ2v) is 14.5. The molecule has 0 saturated carbocycles. The Morgan fingerprint density at radius 3 is 1.70 bits per heavy atom. The van der Waals surface area contributed by atoms with Crippen LogP contribution in [0.5, 0.6) is 0 Å². The van der Waals surface area contributed by atoms with Gasteiger partial charge in [0.05, 0.1) is 27.8 Å². The van der Waals surface area contributed by atoms with Crippen LogP contribution in [0.4, 0.5) is 17.1 Å². The van der Waals surface area contributed by atoms with Crippen molar-refractivity contribution in [3.63, 3.8) is 0 Å². The summed E-state index contributed by atoms with van der Waals surface area (Å²) in [6, 6.07) is 72.0. The van der Waals surface area contributed by atoms with Gasteiger partial charge in [-0.2, -0.15) is 0 Å². The Kier molecular flexibility index (Phi) is 6.60. The molecule has 0 bridgehead atoms. The Labute approximate surface area is 322 Å². The largest absolute Gasteiger partial charge is 0.456 e. The first-order valence-electron chi connectivity index (χ1n) is 19.1. The van der Waals surface area contributed by atoms with Crippen LogP contribution in [0, 0.1) is 0 Å². The van der Waals surface area contributed by atoms with E-state index in [1.807, 2.05) is 12.1 Å². The summed E-state index contributed by atoms with van der Waals surface area (Å²) >= 11 is 0. The van der Waals surface area contributed by atoms with Gasteiger partial charge in [0.1, 0.15) is 11.2 Å². The molecule has 0 aliphatic heterocycles. The topological polar surface area (TPSA) is 26.2 Å². The second-order valence-electron chi connectivity index (χ2n) is 14.5. The number of hydrogen-bond donors (Lipinski definition) is 0. The second kappa shape index (κ2) is 12.0. The van der Waals surface area contributed by atoms with Crippen LogP contribution < -0.4 is 4.90 Å². The Morgan fingerprint density at radius 1 is 0.339 bits per heavy atom. The van der Waals surface area contributed by atoms with E-state index in [1.54, 1.807) is 0 Å². The van der Waals surface area contributed by atoms with Crippen molar-refractivity contribution in [2.45, 2.75) is 0 Å². The lowest BCUT2D eigenvalue weighted by molar-refractivity contribution is 0.669. The van der Waals surface area contributed by atoms with Gasteiger partial charge in [0.25, 0.3) is 0 Å². The molecule has 0 amide bonds. The van der Waals surface area contributed by atoms with Crippen molar-refractivity contribution in [2.24, 2.45) is 0 Å². The average Bonchev–Trinajstić information content (AvgIpc) is 3.92. The predicted molar refractivity (Wildman–Crippen MR) is 235 cm³/mol. The van der Waals surface area contributed by atoms with Gasteiger partial charge in [-0.25, -0.2) is 0 Å². The van der Waals surface area contributed by atoms with Crippen LogP contribution in [0.2, 0.25) is 0 Å². The van der Waals surface area contributed by atoms with Gasteiger partial charge in [-0.3, -0.25) is 0 Å².